The molecule has 0 fully saturated rings. The number of hydrogen-bond donors (Lipinski definition) is 2. The molecule has 0 aromatic carbocycles. The van der Waals surface area contributed by atoms with Gasteiger partial charge in [-0.25, -0.2) is 0 Å². The number of rotatable bonds is 11. The first-order valence-corrected chi connectivity index (χ1v) is 8.95. The molecule has 0 aliphatic rings. The second-order valence-corrected chi connectivity index (χ2v) is 6.93. The van der Waals surface area contributed by atoms with E-state index in [1.54, 1.807) is 0 Å². The van der Waals surface area contributed by atoms with E-state index in [-0.39, 0.29) is 0 Å². The first kappa shape index (κ1) is 16.6. The summed E-state index contributed by atoms with van der Waals surface area (Å²) in [6, 6.07) is 0.730. The van der Waals surface area contributed by atoms with Crippen molar-refractivity contribution in [1.82, 2.24) is 0 Å². The van der Waals surface area contributed by atoms with Gasteiger partial charge in [0, 0.05) is 23.6 Å². The molecule has 0 aromatic rings. The van der Waals surface area contributed by atoms with Crippen molar-refractivity contribution in [2.24, 2.45) is 11.5 Å². The van der Waals surface area contributed by atoms with Gasteiger partial charge in [-0.05, 0) is 12.8 Å². The summed E-state index contributed by atoms with van der Waals surface area (Å²) in [6.45, 7) is 4.42. The summed E-state index contributed by atoms with van der Waals surface area (Å²) in [4.78, 5) is 0. The van der Waals surface area contributed by atoms with E-state index in [2.05, 4.69) is 13.8 Å². The van der Waals surface area contributed by atoms with E-state index in [4.69, 9.17) is 11.5 Å². The zero-order chi connectivity index (χ0) is 12.2. The third kappa shape index (κ3) is 11.1. The van der Waals surface area contributed by atoms with Gasteiger partial charge in [-0.3, -0.25) is 0 Å². The van der Waals surface area contributed by atoms with Crippen LogP contribution in [0.5, 0.6) is 0 Å². The molecule has 0 spiro atoms. The van der Waals surface area contributed by atoms with Crippen molar-refractivity contribution in [3.8, 4) is 0 Å². The maximum Gasteiger partial charge on any atom is 0.0189 e. The van der Waals surface area contributed by atoms with Crippen molar-refractivity contribution >= 4 is 21.6 Å². The molecule has 0 unspecified atom stereocenters. The molecule has 0 heterocycles. The van der Waals surface area contributed by atoms with E-state index in [0.29, 0.717) is 12.1 Å². The van der Waals surface area contributed by atoms with Crippen molar-refractivity contribution in [3.05, 3.63) is 0 Å². The average molecular weight is 265 g/mol. The minimum atomic E-state index is 0.365. The van der Waals surface area contributed by atoms with E-state index >= 15 is 0 Å². The van der Waals surface area contributed by atoms with Crippen LogP contribution >= 0.6 is 21.6 Å². The van der Waals surface area contributed by atoms with Gasteiger partial charge in [0.05, 0.1) is 0 Å². The van der Waals surface area contributed by atoms with Crippen LogP contribution in [-0.2, 0) is 0 Å². The monoisotopic (exact) mass is 264 g/mol. The summed E-state index contributed by atoms with van der Waals surface area (Å²) in [7, 11) is 3.77. The summed E-state index contributed by atoms with van der Waals surface area (Å²) in [5.41, 5.74) is 12.0. The molecule has 0 amide bonds. The number of hydrogen-bond acceptors (Lipinski definition) is 4. The number of nitrogens with two attached hydrogens (primary N) is 2. The van der Waals surface area contributed by atoms with E-state index in [0.717, 1.165) is 24.3 Å². The highest BCUT2D eigenvalue weighted by molar-refractivity contribution is 8.76. The Morgan fingerprint density at radius 2 is 1.19 bits per heavy atom. The van der Waals surface area contributed by atoms with Gasteiger partial charge in [-0.1, -0.05) is 61.1 Å². The van der Waals surface area contributed by atoms with Crippen molar-refractivity contribution in [2.45, 2.75) is 64.5 Å². The minimum absolute atomic E-state index is 0.365. The van der Waals surface area contributed by atoms with E-state index in [9.17, 15) is 0 Å². The van der Waals surface area contributed by atoms with Gasteiger partial charge >= 0.3 is 0 Å². The third-order valence-corrected chi connectivity index (χ3v) is 5.12. The maximum atomic E-state index is 5.99. The lowest BCUT2D eigenvalue weighted by molar-refractivity contribution is 0.621. The molecule has 2 atom stereocenters. The highest BCUT2D eigenvalue weighted by atomic mass is 33.1. The Morgan fingerprint density at radius 3 is 1.50 bits per heavy atom. The highest BCUT2D eigenvalue weighted by Crippen LogP contribution is 2.24. The van der Waals surface area contributed by atoms with Crippen LogP contribution in [-0.4, -0.2) is 23.6 Å². The summed E-state index contributed by atoms with van der Waals surface area (Å²) < 4.78 is 0. The first-order chi connectivity index (χ1) is 7.70. The molecule has 98 valence electrons. The van der Waals surface area contributed by atoms with E-state index < -0.39 is 0 Å². The fraction of sp³-hybridized carbons (Fsp3) is 1.00. The van der Waals surface area contributed by atoms with Crippen molar-refractivity contribution in [3.63, 3.8) is 0 Å². The second kappa shape index (κ2) is 12.1. The zero-order valence-electron chi connectivity index (χ0n) is 10.8. The Labute approximate surface area is 109 Å². The lowest BCUT2D eigenvalue weighted by atomic mass is 10.2. The molecule has 0 radical (unpaired) electrons. The molecule has 0 aromatic heterocycles. The normalized spacial score (nSPS) is 15.0. The lowest BCUT2D eigenvalue weighted by Gasteiger charge is -2.12. The second-order valence-electron chi connectivity index (χ2n) is 4.37. The molecule has 4 N–H and O–H groups in total. The van der Waals surface area contributed by atoms with Crippen LogP contribution in [0.25, 0.3) is 0 Å². The number of unbranched alkanes of at least 4 members (excludes halogenated alkanes) is 2. The Kier molecular flexibility index (Phi) is 12.6. The summed E-state index contributed by atoms with van der Waals surface area (Å²) in [5, 5.41) is 0. The molecule has 16 heavy (non-hydrogen) atoms. The standard InChI is InChI=1S/C12H28N2S2/c1-3-5-7-11(13)9-15-16-10-12(14)8-6-4-2/h11-12H,3-10,13-14H2,1-2H3/t11-,12+. The van der Waals surface area contributed by atoms with Gasteiger partial charge in [0.25, 0.3) is 0 Å². The molecule has 0 bridgehead atoms. The highest BCUT2D eigenvalue weighted by Gasteiger charge is 2.05. The van der Waals surface area contributed by atoms with Gasteiger partial charge < -0.3 is 11.5 Å². The van der Waals surface area contributed by atoms with Gasteiger partial charge in [0.15, 0.2) is 0 Å². The Balaban J connectivity index is 3.24. The van der Waals surface area contributed by atoms with Crippen LogP contribution in [0.3, 0.4) is 0 Å². The van der Waals surface area contributed by atoms with Crippen molar-refractivity contribution in [1.29, 1.82) is 0 Å². The molecule has 0 rings (SSSR count). The molecule has 4 heteroatoms. The molecule has 2 nitrogen and oxygen atoms in total. The fourth-order valence-electron chi connectivity index (χ4n) is 1.37. The van der Waals surface area contributed by atoms with Gasteiger partial charge in [-0.2, -0.15) is 0 Å². The molecule has 0 aliphatic heterocycles. The lowest BCUT2D eigenvalue weighted by Crippen LogP contribution is -2.23. The van der Waals surface area contributed by atoms with E-state index in [1.165, 1.54) is 25.7 Å². The fourth-order valence-corrected chi connectivity index (χ4v) is 3.87. The predicted molar refractivity (Wildman–Crippen MR) is 79.9 cm³/mol. The van der Waals surface area contributed by atoms with Gasteiger partial charge in [0.2, 0.25) is 0 Å². The van der Waals surface area contributed by atoms with Crippen LogP contribution in [0, 0.1) is 0 Å². The Morgan fingerprint density at radius 1 is 0.812 bits per heavy atom. The van der Waals surface area contributed by atoms with Gasteiger partial charge in [0.1, 0.15) is 0 Å². The Bertz CT molecular complexity index is 129. The maximum absolute atomic E-state index is 5.99. The van der Waals surface area contributed by atoms with Crippen molar-refractivity contribution in [2.75, 3.05) is 11.5 Å². The molecule has 0 saturated heterocycles. The van der Waals surface area contributed by atoms with Crippen LogP contribution < -0.4 is 11.5 Å². The quantitative estimate of drug-likeness (QED) is 0.443. The average Bonchev–Trinajstić information content (AvgIpc) is 2.29. The molecule has 0 saturated carbocycles. The van der Waals surface area contributed by atoms with Crippen LogP contribution in [0.15, 0.2) is 0 Å². The smallest absolute Gasteiger partial charge is 0.0189 e. The van der Waals surface area contributed by atoms with Gasteiger partial charge in [-0.15, -0.1) is 0 Å². The molecular formula is C12H28N2S2. The molecule has 0 aliphatic carbocycles. The van der Waals surface area contributed by atoms with Crippen LogP contribution in [0.1, 0.15) is 52.4 Å². The summed E-state index contributed by atoms with van der Waals surface area (Å²) >= 11 is 0. The zero-order valence-corrected chi connectivity index (χ0v) is 12.4. The third-order valence-electron chi connectivity index (χ3n) is 2.50. The molecular weight excluding hydrogens is 236 g/mol. The summed E-state index contributed by atoms with van der Waals surface area (Å²) in [6.07, 6.45) is 7.31. The minimum Gasteiger partial charge on any atom is -0.327 e. The van der Waals surface area contributed by atoms with Crippen LogP contribution in [0.2, 0.25) is 0 Å². The summed E-state index contributed by atoms with van der Waals surface area (Å²) in [5.74, 6) is 2.12. The first-order valence-electron chi connectivity index (χ1n) is 6.46. The van der Waals surface area contributed by atoms with Crippen molar-refractivity contribution < 1.29 is 0 Å². The topological polar surface area (TPSA) is 52.0 Å². The SMILES string of the molecule is CCCC[C@@H](N)CSSC[C@@H](N)CCCC. The van der Waals surface area contributed by atoms with E-state index in [1.807, 2.05) is 21.6 Å². The Hall–Kier alpha value is 0.620. The predicted octanol–water partition coefficient (Wildman–Crippen LogP) is 3.40. The largest absolute Gasteiger partial charge is 0.327 e. The van der Waals surface area contributed by atoms with Crippen LogP contribution in [0.4, 0.5) is 0 Å².